The zero-order chi connectivity index (χ0) is 31.6. The fraction of sp³-hybridized carbons (Fsp3) is 0.552. The van der Waals surface area contributed by atoms with Gasteiger partial charge in [0.25, 0.3) is 0 Å². The second-order valence-electron chi connectivity index (χ2n) is 10.7. The van der Waals surface area contributed by atoms with E-state index in [1.54, 1.807) is 30.3 Å². The number of hydrogen-bond acceptors (Lipinski definition) is 14. The highest BCUT2D eigenvalue weighted by Crippen LogP contribution is 2.44. The summed E-state index contributed by atoms with van der Waals surface area (Å²) in [7, 11) is 1.14. The Bertz CT molecular complexity index is 1310. The largest absolute Gasteiger partial charge is 0.465 e. The third-order valence-electron chi connectivity index (χ3n) is 7.49. The Balaban J connectivity index is 1.93. The van der Waals surface area contributed by atoms with E-state index in [-0.39, 0.29) is 34.4 Å². The molecule has 43 heavy (non-hydrogen) atoms. The number of esters is 1. The molecule has 2 aliphatic heterocycles. The Kier molecular flexibility index (Phi) is 10.6. The normalized spacial score (nSPS) is 32.7. The first kappa shape index (κ1) is 33.0. The Hall–Kier alpha value is -2.89. The van der Waals surface area contributed by atoms with Crippen molar-refractivity contribution in [2.24, 2.45) is 0 Å². The standard InChI is InChI=1S/C29H38O14/c1-12(2)8-9-15-18(27(38)39-3)26(43-29-24(37)22(35)20(33)17(11-31)41-29)14-7-5-4-6-13(14)25(15)42-28-23(36)21(34)19(32)16(10-30)40-28/h4-8,16-17,19-24,28-37H,9-11H2,1-3H3/t16-,17-,19+,20+,21+,22+,23+,24+,28-,29+/m0/s1. The van der Waals surface area contributed by atoms with Gasteiger partial charge in [-0.2, -0.15) is 0 Å². The van der Waals surface area contributed by atoms with E-state index in [0.717, 1.165) is 12.7 Å². The second-order valence-corrected chi connectivity index (χ2v) is 10.7. The van der Waals surface area contributed by atoms with E-state index in [1.165, 1.54) is 0 Å². The molecule has 2 aromatic rings. The van der Waals surface area contributed by atoms with E-state index >= 15 is 0 Å². The fourth-order valence-corrected chi connectivity index (χ4v) is 5.06. The van der Waals surface area contributed by atoms with E-state index in [9.17, 15) is 45.6 Å². The number of aliphatic hydroxyl groups excluding tert-OH is 8. The van der Waals surface area contributed by atoms with Crippen LogP contribution in [0.5, 0.6) is 11.5 Å². The van der Waals surface area contributed by atoms with E-state index < -0.39 is 80.6 Å². The van der Waals surface area contributed by atoms with Crippen molar-refractivity contribution < 1.29 is 69.3 Å². The molecule has 8 N–H and O–H groups in total. The lowest BCUT2D eigenvalue weighted by Gasteiger charge is -2.40. The highest BCUT2D eigenvalue weighted by Gasteiger charge is 2.47. The number of rotatable bonds is 9. The number of methoxy groups -OCH3 is 1. The summed E-state index contributed by atoms with van der Waals surface area (Å²) in [6.45, 7) is 2.26. The second kappa shape index (κ2) is 13.8. The molecule has 238 valence electrons. The monoisotopic (exact) mass is 610 g/mol. The molecule has 10 atom stereocenters. The molecule has 0 radical (unpaired) electrons. The minimum atomic E-state index is -1.78. The molecular weight excluding hydrogens is 572 g/mol. The Morgan fingerprint density at radius 3 is 1.67 bits per heavy atom. The summed E-state index contributed by atoms with van der Waals surface area (Å²) >= 11 is 0. The van der Waals surface area contributed by atoms with Gasteiger partial charge in [0, 0.05) is 16.3 Å². The van der Waals surface area contributed by atoms with Gasteiger partial charge in [0.05, 0.1) is 20.3 Å². The molecule has 0 aliphatic carbocycles. The van der Waals surface area contributed by atoms with Gasteiger partial charge in [-0.15, -0.1) is 0 Å². The molecule has 4 rings (SSSR count). The average molecular weight is 611 g/mol. The van der Waals surface area contributed by atoms with Crippen LogP contribution < -0.4 is 9.47 Å². The summed E-state index contributed by atoms with van der Waals surface area (Å²) in [5.74, 6) is -0.995. The Labute approximate surface area is 246 Å². The van der Waals surface area contributed by atoms with Crippen molar-refractivity contribution in [3.05, 3.63) is 47.0 Å². The van der Waals surface area contributed by atoms with Crippen molar-refractivity contribution in [3.63, 3.8) is 0 Å². The number of carbonyl (C=O) groups is 1. The topological polar surface area (TPSA) is 225 Å². The van der Waals surface area contributed by atoms with E-state index in [2.05, 4.69) is 0 Å². The smallest absolute Gasteiger partial charge is 0.342 e. The summed E-state index contributed by atoms with van der Waals surface area (Å²) in [5.41, 5.74) is 0.873. The lowest BCUT2D eigenvalue weighted by molar-refractivity contribution is -0.277. The van der Waals surface area contributed by atoms with E-state index in [4.69, 9.17) is 23.7 Å². The Morgan fingerprint density at radius 1 is 0.767 bits per heavy atom. The van der Waals surface area contributed by atoms with Gasteiger partial charge in [0.1, 0.15) is 65.9 Å². The molecule has 2 aromatic carbocycles. The van der Waals surface area contributed by atoms with Crippen LogP contribution in [0.2, 0.25) is 0 Å². The van der Waals surface area contributed by atoms with Crippen LogP contribution in [0.3, 0.4) is 0 Å². The summed E-state index contributed by atoms with van der Waals surface area (Å²) in [5, 5.41) is 82.4. The van der Waals surface area contributed by atoms with Gasteiger partial charge >= 0.3 is 5.97 Å². The summed E-state index contributed by atoms with van der Waals surface area (Å²) in [4.78, 5) is 13.4. The van der Waals surface area contributed by atoms with Crippen LogP contribution >= 0.6 is 0 Å². The molecule has 14 heteroatoms. The van der Waals surface area contributed by atoms with E-state index in [0.29, 0.717) is 5.39 Å². The minimum absolute atomic E-state index is 0.0268. The van der Waals surface area contributed by atoms with Crippen LogP contribution in [0, 0.1) is 0 Å². The lowest BCUT2D eigenvalue weighted by Crippen LogP contribution is -2.60. The lowest BCUT2D eigenvalue weighted by atomic mass is 9.94. The molecule has 2 heterocycles. The number of ether oxygens (including phenoxy) is 5. The van der Waals surface area contributed by atoms with Crippen LogP contribution in [0.1, 0.15) is 29.8 Å². The molecule has 2 aliphatic rings. The summed E-state index contributed by atoms with van der Waals surface area (Å²) in [6.07, 6.45) is -14.2. The number of fused-ring (bicyclic) bond motifs is 1. The SMILES string of the molecule is COC(=O)c1c(CC=C(C)C)c(O[C@@H]2O[C@@H](CO)[C@@H](O)[C@@H](O)[C@H]2O)c2ccccc2c1O[C@H]1O[C@@H](CO)[C@@H](O)[C@@H](O)[C@H]1O. The van der Waals surface area contributed by atoms with Crippen molar-refractivity contribution in [3.8, 4) is 11.5 Å². The quantitative estimate of drug-likeness (QED) is 0.119. The number of benzene rings is 2. The number of aliphatic hydroxyl groups is 8. The van der Waals surface area contributed by atoms with Gasteiger partial charge in [-0.05, 0) is 20.3 Å². The van der Waals surface area contributed by atoms with Gasteiger partial charge < -0.3 is 64.5 Å². The molecule has 2 saturated heterocycles. The predicted molar refractivity (Wildman–Crippen MR) is 147 cm³/mol. The van der Waals surface area contributed by atoms with Crippen molar-refractivity contribution in [2.75, 3.05) is 20.3 Å². The zero-order valence-corrected chi connectivity index (χ0v) is 23.8. The van der Waals surface area contributed by atoms with Crippen molar-refractivity contribution in [1.29, 1.82) is 0 Å². The van der Waals surface area contributed by atoms with Gasteiger partial charge in [-0.25, -0.2) is 4.79 Å². The van der Waals surface area contributed by atoms with Gasteiger partial charge in [0.2, 0.25) is 12.6 Å². The summed E-state index contributed by atoms with van der Waals surface area (Å²) in [6, 6.07) is 6.45. The van der Waals surface area contributed by atoms with Crippen molar-refractivity contribution in [1.82, 2.24) is 0 Å². The van der Waals surface area contributed by atoms with E-state index in [1.807, 2.05) is 13.8 Å². The highest BCUT2D eigenvalue weighted by atomic mass is 16.7. The fourth-order valence-electron chi connectivity index (χ4n) is 5.06. The molecule has 0 amide bonds. The molecule has 0 unspecified atom stereocenters. The molecule has 0 bridgehead atoms. The predicted octanol–water partition coefficient (Wildman–Crippen LogP) is -1.51. The van der Waals surface area contributed by atoms with Crippen LogP contribution in [-0.4, -0.2) is 129 Å². The van der Waals surface area contributed by atoms with Crippen molar-refractivity contribution in [2.45, 2.75) is 81.7 Å². The first-order valence-corrected chi connectivity index (χ1v) is 13.7. The third-order valence-corrected chi connectivity index (χ3v) is 7.49. The average Bonchev–Trinajstić information content (AvgIpc) is 3.00. The highest BCUT2D eigenvalue weighted by molar-refractivity contribution is 6.06. The molecular formula is C29H38O14. The number of carbonyl (C=O) groups excluding carboxylic acids is 1. The Morgan fingerprint density at radius 2 is 1.23 bits per heavy atom. The van der Waals surface area contributed by atoms with Gasteiger partial charge in [-0.3, -0.25) is 0 Å². The number of hydrogen-bond donors (Lipinski definition) is 8. The van der Waals surface area contributed by atoms with Crippen LogP contribution in [-0.2, 0) is 20.6 Å². The summed E-state index contributed by atoms with van der Waals surface area (Å²) < 4.78 is 28.4. The molecule has 0 aromatic heterocycles. The molecule has 0 spiro atoms. The van der Waals surface area contributed by atoms with Gasteiger partial charge in [-0.1, -0.05) is 35.9 Å². The molecule has 14 nitrogen and oxygen atoms in total. The van der Waals surface area contributed by atoms with Crippen LogP contribution in [0.4, 0.5) is 0 Å². The van der Waals surface area contributed by atoms with Crippen molar-refractivity contribution >= 4 is 16.7 Å². The molecule has 0 saturated carbocycles. The molecule has 2 fully saturated rings. The van der Waals surface area contributed by atoms with Gasteiger partial charge in [0.15, 0.2) is 0 Å². The number of allylic oxidation sites excluding steroid dienone is 2. The van der Waals surface area contributed by atoms with Crippen LogP contribution in [0.15, 0.2) is 35.9 Å². The zero-order valence-electron chi connectivity index (χ0n) is 23.8. The maximum atomic E-state index is 13.4. The maximum Gasteiger partial charge on any atom is 0.342 e. The van der Waals surface area contributed by atoms with Crippen LogP contribution in [0.25, 0.3) is 10.8 Å². The third kappa shape index (κ3) is 6.49. The minimum Gasteiger partial charge on any atom is -0.465 e. The first-order chi connectivity index (χ1) is 20.4. The first-order valence-electron chi connectivity index (χ1n) is 13.7. The maximum absolute atomic E-state index is 13.4.